The summed E-state index contributed by atoms with van der Waals surface area (Å²) in [7, 11) is 3.36. The maximum absolute atomic E-state index is 5.55. The normalized spacial score (nSPS) is 11.0. The van der Waals surface area contributed by atoms with Crippen molar-refractivity contribution in [3.63, 3.8) is 0 Å². The predicted molar refractivity (Wildman–Crippen MR) is 110 cm³/mol. The molecule has 144 valence electrons. The van der Waals surface area contributed by atoms with Crippen LogP contribution in [0.4, 0.5) is 5.69 Å². The lowest BCUT2D eigenvalue weighted by molar-refractivity contribution is 0.406. The van der Waals surface area contributed by atoms with Crippen LogP contribution in [-0.2, 0) is 6.54 Å². The van der Waals surface area contributed by atoms with Crippen LogP contribution in [0.2, 0.25) is 0 Å². The molecule has 2 aromatic carbocycles. The average molecular weight is 395 g/mol. The molecular weight excluding hydrogens is 374 g/mol. The second kappa shape index (κ2) is 7.47. The number of hydrogen-bond acceptors (Lipinski definition) is 7. The van der Waals surface area contributed by atoms with Crippen molar-refractivity contribution in [3.05, 3.63) is 53.3 Å². The first kappa shape index (κ1) is 18.2. The summed E-state index contributed by atoms with van der Waals surface area (Å²) < 4.78 is 12.8. The van der Waals surface area contributed by atoms with Crippen molar-refractivity contribution in [2.45, 2.75) is 20.4 Å². The van der Waals surface area contributed by atoms with E-state index in [2.05, 4.69) is 26.7 Å². The molecule has 0 amide bonds. The number of para-hydroxylation sites is 1. The van der Waals surface area contributed by atoms with Crippen LogP contribution >= 0.6 is 11.3 Å². The number of anilines is 1. The number of hydrogen-bond donors (Lipinski definition) is 1. The Morgan fingerprint density at radius 2 is 1.93 bits per heavy atom. The molecule has 0 spiro atoms. The molecule has 0 bridgehead atoms. The quantitative estimate of drug-likeness (QED) is 0.530. The summed E-state index contributed by atoms with van der Waals surface area (Å²) in [6.45, 7) is 4.55. The van der Waals surface area contributed by atoms with Crippen molar-refractivity contribution in [1.82, 2.24) is 19.8 Å². The number of methoxy groups -OCH3 is 2. The van der Waals surface area contributed by atoms with E-state index in [0.717, 1.165) is 49.7 Å². The molecule has 2 aromatic heterocycles. The third kappa shape index (κ3) is 3.27. The highest BCUT2D eigenvalue weighted by molar-refractivity contribution is 7.19. The van der Waals surface area contributed by atoms with Gasteiger partial charge in [-0.05, 0) is 37.6 Å². The Balaban J connectivity index is 1.65. The Morgan fingerprint density at radius 1 is 1.07 bits per heavy atom. The third-order valence-corrected chi connectivity index (χ3v) is 5.51. The molecule has 2 heterocycles. The Morgan fingerprint density at radius 3 is 2.68 bits per heavy atom. The van der Waals surface area contributed by atoms with Crippen LogP contribution in [0.1, 0.15) is 17.0 Å². The molecule has 0 aliphatic heterocycles. The van der Waals surface area contributed by atoms with Crippen LogP contribution in [0.3, 0.4) is 0 Å². The third-order valence-electron chi connectivity index (χ3n) is 4.56. The zero-order chi connectivity index (χ0) is 19.7. The van der Waals surface area contributed by atoms with E-state index in [-0.39, 0.29) is 0 Å². The van der Waals surface area contributed by atoms with Crippen molar-refractivity contribution in [1.29, 1.82) is 0 Å². The van der Waals surface area contributed by atoms with Crippen molar-refractivity contribution >= 4 is 22.0 Å². The zero-order valence-electron chi connectivity index (χ0n) is 16.2. The fourth-order valence-corrected chi connectivity index (χ4v) is 4.03. The maximum atomic E-state index is 5.55. The highest BCUT2D eigenvalue weighted by Crippen LogP contribution is 2.33. The summed E-state index contributed by atoms with van der Waals surface area (Å²) in [6, 6.07) is 12.1. The molecular formula is C20H21N5O2S. The summed E-state index contributed by atoms with van der Waals surface area (Å²) in [4.78, 5) is 0.780. The van der Waals surface area contributed by atoms with Crippen LogP contribution < -0.4 is 14.8 Å². The fraction of sp³-hybridized carbons (Fsp3) is 0.250. The van der Waals surface area contributed by atoms with E-state index >= 15 is 0 Å². The Hall–Kier alpha value is -3.13. The van der Waals surface area contributed by atoms with Gasteiger partial charge in [0.1, 0.15) is 16.5 Å². The standard InChI is InChI=1S/C20H21N5O2S/c1-12-6-5-7-15(18(12)27-4)11-21-16-10-14(8-9-17(16)26-3)19-24-25-13(2)22-23-20(25)28-19/h5-10,21H,11H2,1-4H3. The van der Waals surface area contributed by atoms with E-state index in [0.29, 0.717) is 6.54 Å². The molecule has 0 saturated heterocycles. The first-order valence-corrected chi connectivity index (χ1v) is 9.66. The van der Waals surface area contributed by atoms with Gasteiger partial charge in [-0.15, -0.1) is 10.2 Å². The number of ether oxygens (including phenoxy) is 2. The molecule has 0 radical (unpaired) electrons. The number of rotatable bonds is 6. The smallest absolute Gasteiger partial charge is 0.234 e. The van der Waals surface area contributed by atoms with Crippen LogP contribution in [0.15, 0.2) is 36.4 Å². The van der Waals surface area contributed by atoms with Gasteiger partial charge in [-0.25, -0.2) is 0 Å². The summed E-state index contributed by atoms with van der Waals surface area (Å²) in [6.07, 6.45) is 0. The number of nitrogens with zero attached hydrogens (tertiary/aromatic N) is 4. The van der Waals surface area contributed by atoms with Crippen LogP contribution in [0.5, 0.6) is 11.5 Å². The molecule has 28 heavy (non-hydrogen) atoms. The van der Waals surface area contributed by atoms with Crippen LogP contribution in [0, 0.1) is 13.8 Å². The number of aromatic nitrogens is 4. The van der Waals surface area contributed by atoms with Gasteiger partial charge in [0.2, 0.25) is 4.96 Å². The second-order valence-electron chi connectivity index (χ2n) is 6.38. The number of benzene rings is 2. The molecule has 7 nitrogen and oxygen atoms in total. The van der Waals surface area contributed by atoms with E-state index < -0.39 is 0 Å². The molecule has 0 fully saturated rings. The minimum absolute atomic E-state index is 0.620. The highest BCUT2D eigenvalue weighted by Gasteiger charge is 2.13. The minimum atomic E-state index is 0.620. The lowest BCUT2D eigenvalue weighted by atomic mass is 10.1. The lowest BCUT2D eigenvalue weighted by Crippen LogP contribution is -2.04. The van der Waals surface area contributed by atoms with Gasteiger partial charge >= 0.3 is 0 Å². The van der Waals surface area contributed by atoms with Crippen molar-refractivity contribution in [2.24, 2.45) is 0 Å². The summed E-state index contributed by atoms with van der Waals surface area (Å²) in [5.41, 5.74) is 4.09. The van der Waals surface area contributed by atoms with E-state index in [1.54, 1.807) is 18.7 Å². The van der Waals surface area contributed by atoms with Gasteiger partial charge in [-0.2, -0.15) is 9.61 Å². The maximum Gasteiger partial charge on any atom is 0.234 e. The molecule has 0 aliphatic rings. The Kier molecular flexibility index (Phi) is 4.87. The topological polar surface area (TPSA) is 73.6 Å². The predicted octanol–water partition coefficient (Wildman–Crippen LogP) is 4.10. The van der Waals surface area contributed by atoms with Gasteiger partial charge in [-0.3, -0.25) is 0 Å². The number of nitrogens with one attached hydrogen (secondary N) is 1. The van der Waals surface area contributed by atoms with Gasteiger partial charge in [0.15, 0.2) is 5.82 Å². The number of fused-ring (bicyclic) bond motifs is 1. The van der Waals surface area contributed by atoms with E-state index in [4.69, 9.17) is 9.47 Å². The van der Waals surface area contributed by atoms with E-state index in [1.807, 2.05) is 44.2 Å². The van der Waals surface area contributed by atoms with E-state index in [9.17, 15) is 0 Å². The zero-order valence-corrected chi connectivity index (χ0v) is 17.0. The summed E-state index contributed by atoms with van der Waals surface area (Å²) >= 11 is 1.51. The van der Waals surface area contributed by atoms with Crippen molar-refractivity contribution < 1.29 is 9.47 Å². The van der Waals surface area contributed by atoms with E-state index in [1.165, 1.54) is 11.3 Å². The Bertz CT molecular complexity index is 1140. The molecule has 4 aromatic rings. The van der Waals surface area contributed by atoms with Crippen LogP contribution in [-0.4, -0.2) is 34.0 Å². The first-order chi connectivity index (χ1) is 13.6. The number of aryl methyl sites for hydroxylation is 2. The Labute approximate surface area is 167 Å². The molecule has 4 rings (SSSR count). The molecule has 0 atom stereocenters. The SMILES string of the molecule is COc1ccc(-c2nn3c(C)nnc3s2)cc1NCc1cccc(C)c1OC. The van der Waals surface area contributed by atoms with Gasteiger partial charge in [0.25, 0.3) is 0 Å². The first-order valence-electron chi connectivity index (χ1n) is 8.84. The van der Waals surface area contributed by atoms with Crippen molar-refractivity contribution in [3.8, 4) is 22.1 Å². The molecule has 0 unspecified atom stereocenters. The van der Waals surface area contributed by atoms with Gasteiger partial charge < -0.3 is 14.8 Å². The highest BCUT2D eigenvalue weighted by atomic mass is 32.1. The van der Waals surface area contributed by atoms with Gasteiger partial charge in [-0.1, -0.05) is 29.5 Å². The minimum Gasteiger partial charge on any atom is -0.496 e. The van der Waals surface area contributed by atoms with Crippen LogP contribution in [0.25, 0.3) is 15.5 Å². The molecule has 0 saturated carbocycles. The van der Waals surface area contributed by atoms with Crippen molar-refractivity contribution in [2.75, 3.05) is 19.5 Å². The van der Waals surface area contributed by atoms with Gasteiger partial charge in [0.05, 0.1) is 19.9 Å². The lowest BCUT2D eigenvalue weighted by Gasteiger charge is -2.15. The second-order valence-corrected chi connectivity index (χ2v) is 7.34. The largest absolute Gasteiger partial charge is 0.496 e. The monoisotopic (exact) mass is 395 g/mol. The molecule has 0 aliphatic carbocycles. The summed E-state index contributed by atoms with van der Waals surface area (Å²) in [5.74, 6) is 2.44. The summed E-state index contributed by atoms with van der Waals surface area (Å²) in [5, 5.41) is 17.1. The molecule has 8 heteroatoms. The van der Waals surface area contributed by atoms with Gasteiger partial charge in [0, 0.05) is 17.7 Å². The fourth-order valence-electron chi connectivity index (χ4n) is 3.15. The average Bonchev–Trinajstić information content (AvgIpc) is 3.28. The molecule has 1 N–H and O–H groups in total.